The van der Waals surface area contributed by atoms with Crippen LogP contribution in [0.3, 0.4) is 0 Å². The summed E-state index contributed by atoms with van der Waals surface area (Å²) in [6, 6.07) is 6.84. The number of rotatable bonds is 4. The largest absolute Gasteiger partial charge is 0.494 e. The number of aliphatic hydroxyl groups is 1. The third kappa shape index (κ3) is 2.51. The van der Waals surface area contributed by atoms with Crippen LogP contribution < -0.4 is 4.74 Å². The van der Waals surface area contributed by atoms with Gasteiger partial charge in [0.05, 0.1) is 13.7 Å². The number of carbonyl (C=O) groups is 1. The highest BCUT2D eigenvalue weighted by molar-refractivity contribution is 5.91. The van der Waals surface area contributed by atoms with E-state index in [0.29, 0.717) is 22.2 Å². The van der Waals surface area contributed by atoms with Crippen molar-refractivity contribution in [2.24, 2.45) is 0 Å². The van der Waals surface area contributed by atoms with Crippen LogP contribution >= 0.6 is 0 Å². The molecule has 1 aromatic heterocycles. The van der Waals surface area contributed by atoms with E-state index in [-0.39, 0.29) is 6.61 Å². The molecule has 2 rings (SSSR count). The van der Waals surface area contributed by atoms with Gasteiger partial charge in [-0.2, -0.15) is 0 Å². The number of ether oxygens (including phenoxy) is 2. The van der Waals surface area contributed by atoms with Crippen LogP contribution in [-0.4, -0.2) is 29.8 Å². The van der Waals surface area contributed by atoms with Gasteiger partial charge in [-0.3, -0.25) is 4.98 Å². The molecule has 0 bridgehead atoms. The molecule has 0 spiro atoms. The lowest BCUT2D eigenvalue weighted by Crippen LogP contribution is -2.15. The van der Waals surface area contributed by atoms with Gasteiger partial charge in [-0.1, -0.05) is 12.1 Å². The molecule has 19 heavy (non-hydrogen) atoms. The maximum Gasteiger partial charge on any atom is 0.339 e. The van der Waals surface area contributed by atoms with E-state index < -0.39 is 12.1 Å². The minimum Gasteiger partial charge on any atom is -0.494 e. The van der Waals surface area contributed by atoms with Crippen molar-refractivity contribution in [3.8, 4) is 5.75 Å². The molecule has 0 aliphatic heterocycles. The molecule has 0 saturated carbocycles. The lowest BCUT2D eigenvalue weighted by Gasteiger charge is -2.13. The number of pyridine rings is 1. The van der Waals surface area contributed by atoms with Crippen LogP contribution in [0.1, 0.15) is 18.6 Å². The molecule has 5 heteroatoms. The maximum atomic E-state index is 11.6. The van der Waals surface area contributed by atoms with E-state index in [1.54, 1.807) is 44.5 Å². The minimum atomic E-state index is -1.32. The second-order valence-corrected chi connectivity index (χ2v) is 3.91. The molecule has 0 saturated heterocycles. The fourth-order valence-corrected chi connectivity index (χ4v) is 1.92. The number of hydrogen-bond acceptors (Lipinski definition) is 5. The highest BCUT2D eigenvalue weighted by Crippen LogP contribution is 2.30. The molecular weight excluding hydrogens is 246 g/mol. The Morgan fingerprint density at radius 2 is 2.21 bits per heavy atom. The van der Waals surface area contributed by atoms with Gasteiger partial charge in [0.25, 0.3) is 0 Å². The van der Waals surface area contributed by atoms with Gasteiger partial charge in [0, 0.05) is 17.1 Å². The zero-order valence-electron chi connectivity index (χ0n) is 10.8. The Bertz CT molecular complexity index is 597. The number of nitrogens with zero attached hydrogens (tertiary/aromatic N) is 1. The monoisotopic (exact) mass is 261 g/mol. The summed E-state index contributed by atoms with van der Waals surface area (Å²) in [5.41, 5.74) is 1.06. The number of aromatic nitrogens is 1. The normalized spacial score (nSPS) is 12.2. The summed E-state index contributed by atoms with van der Waals surface area (Å²) in [5, 5.41) is 10.7. The molecule has 2 aromatic rings. The second-order valence-electron chi connectivity index (χ2n) is 3.91. The first-order chi connectivity index (χ1) is 9.19. The van der Waals surface area contributed by atoms with E-state index >= 15 is 0 Å². The topological polar surface area (TPSA) is 68.7 Å². The van der Waals surface area contributed by atoms with Crippen LogP contribution in [0.25, 0.3) is 10.9 Å². The van der Waals surface area contributed by atoms with Crippen LogP contribution in [0.4, 0.5) is 0 Å². The van der Waals surface area contributed by atoms with Crippen molar-refractivity contribution in [1.29, 1.82) is 0 Å². The second kappa shape index (κ2) is 5.67. The van der Waals surface area contributed by atoms with E-state index in [9.17, 15) is 9.90 Å². The maximum absolute atomic E-state index is 11.6. The predicted molar refractivity (Wildman–Crippen MR) is 69.9 cm³/mol. The number of fused-ring (bicyclic) bond motifs is 1. The molecular formula is C14H15NO4. The number of carbonyl (C=O) groups excluding carboxylic acids is 1. The van der Waals surface area contributed by atoms with Crippen molar-refractivity contribution in [1.82, 2.24) is 4.98 Å². The van der Waals surface area contributed by atoms with Crippen LogP contribution in [0, 0.1) is 0 Å². The van der Waals surface area contributed by atoms with Gasteiger partial charge in [-0.15, -0.1) is 0 Å². The van der Waals surface area contributed by atoms with Gasteiger partial charge in [-0.05, 0) is 19.1 Å². The molecule has 0 fully saturated rings. The van der Waals surface area contributed by atoms with Crippen LogP contribution in [-0.2, 0) is 9.53 Å². The Labute approximate surface area is 110 Å². The summed E-state index contributed by atoms with van der Waals surface area (Å²) in [5.74, 6) is -0.0757. The van der Waals surface area contributed by atoms with E-state index in [1.807, 2.05) is 0 Å². The first-order valence-corrected chi connectivity index (χ1v) is 5.95. The smallest absolute Gasteiger partial charge is 0.339 e. The molecule has 100 valence electrons. The van der Waals surface area contributed by atoms with Crippen molar-refractivity contribution in [3.05, 3.63) is 36.0 Å². The number of benzene rings is 1. The number of aliphatic hydroxyl groups excluding tert-OH is 1. The van der Waals surface area contributed by atoms with Crippen LogP contribution in [0.15, 0.2) is 30.5 Å². The van der Waals surface area contributed by atoms with Crippen molar-refractivity contribution in [3.63, 3.8) is 0 Å². The Hall–Kier alpha value is -2.14. The molecule has 1 atom stereocenters. The molecule has 0 aliphatic carbocycles. The zero-order chi connectivity index (χ0) is 13.8. The number of methoxy groups -OCH3 is 1. The average molecular weight is 261 g/mol. The number of esters is 1. The summed E-state index contributed by atoms with van der Waals surface area (Å²) in [6.45, 7) is 1.92. The van der Waals surface area contributed by atoms with Gasteiger partial charge >= 0.3 is 5.97 Å². The fraction of sp³-hybridized carbons (Fsp3) is 0.286. The Balaban J connectivity index is 2.53. The van der Waals surface area contributed by atoms with Crippen LogP contribution in [0.2, 0.25) is 0 Å². The van der Waals surface area contributed by atoms with Gasteiger partial charge < -0.3 is 14.6 Å². The molecule has 0 radical (unpaired) electrons. The first kappa shape index (κ1) is 13.3. The van der Waals surface area contributed by atoms with E-state index in [1.165, 1.54) is 0 Å². The quantitative estimate of drug-likeness (QED) is 0.850. The summed E-state index contributed by atoms with van der Waals surface area (Å²) in [4.78, 5) is 15.8. The van der Waals surface area contributed by atoms with E-state index in [0.717, 1.165) is 0 Å². The van der Waals surface area contributed by atoms with Crippen LogP contribution in [0.5, 0.6) is 5.75 Å². The Kier molecular flexibility index (Phi) is 3.97. The molecule has 0 amide bonds. The fourth-order valence-electron chi connectivity index (χ4n) is 1.92. The van der Waals surface area contributed by atoms with Gasteiger partial charge in [0.15, 0.2) is 6.10 Å². The molecule has 5 nitrogen and oxygen atoms in total. The molecule has 1 aromatic carbocycles. The van der Waals surface area contributed by atoms with Gasteiger partial charge in [-0.25, -0.2) is 4.79 Å². The summed E-state index contributed by atoms with van der Waals surface area (Å²) < 4.78 is 10.0. The zero-order valence-corrected chi connectivity index (χ0v) is 10.8. The van der Waals surface area contributed by atoms with Gasteiger partial charge in [0.2, 0.25) is 0 Å². The first-order valence-electron chi connectivity index (χ1n) is 5.95. The van der Waals surface area contributed by atoms with Crippen molar-refractivity contribution in [2.75, 3.05) is 13.7 Å². The summed E-state index contributed by atoms with van der Waals surface area (Å²) in [6.07, 6.45) is 0.309. The van der Waals surface area contributed by atoms with Crippen molar-refractivity contribution >= 4 is 16.9 Å². The Morgan fingerprint density at radius 1 is 1.42 bits per heavy atom. The lowest BCUT2D eigenvalue weighted by atomic mass is 10.0. The highest BCUT2D eigenvalue weighted by atomic mass is 16.5. The molecule has 1 N–H and O–H groups in total. The third-order valence-corrected chi connectivity index (χ3v) is 2.79. The molecule has 1 unspecified atom stereocenters. The molecule has 0 aliphatic rings. The number of hydrogen-bond donors (Lipinski definition) is 1. The average Bonchev–Trinajstić information content (AvgIpc) is 2.45. The van der Waals surface area contributed by atoms with E-state index in [2.05, 4.69) is 4.98 Å². The van der Waals surface area contributed by atoms with Crippen molar-refractivity contribution < 1.29 is 19.4 Å². The predicted octanol–water partition coefficient (Wildman–Crippen LogP) is 1.84. The van der Waals surface area contributed by atoms with Gasteiger partial charge in [0.1, 0.15) is 11.3 Å². The standard InChI is InChI=1S/C14H15NO4/c1-3-19-14(17)13(16)10-6-7-11(18-2)12-9(10)5-4-8-15-12/h4-8,13,16H,3H2,1-2H3. The highest BCUT2D eigenvalue weighted by Gasteiger charge is 2.22. The summed E-state index contributed by atoms with van der Waals surface area (Å²) >= 11 is 0. The lowest BCUT2D eigenvalue weighted by molar-refractivity contribution is -0.153. The third-order valence-electron chi connectivity index (χ3n) is 2.79. The van der Waals surface area contributed by atoms with E-state index in [4.69, 9.17) is 9.47 Å². The minimum absolute atomic E-state index is 0.224. The Morgan fingerprint density at radius 3 is 2.89 bits per heavy atom. The molecule has 1 heterocycles. The van der Waals surface area contributed by atoms with Crippen molar-refractivity contribution in [2.45, 2.75) is 13.0 Å². The summed E-state index contributed by atoms with van der Waals surface area (Å²) in [7, 11) is 1.55. The SMILES string of the molecule is CCOC(=O)C(O)c1ccc(OC)c2ncccc12.